The summed E-state index contributed by atoms with van der Waals surface area (Å²) in [6.45, 7) is 3.23. The number of amides is 1. The number of hydrogen-bond donors (Lipinski definition) is 2. The molecule has 1 aliphatic heterocycles. The molecule has 84 valence electrons. The van der Waals surface area contributed by atoms with Crippen molar-refractivity contribution in [2.24, 2.45) is 17.4 Å². The molecule has 0 saturated carbocycles. The molecule has 0 bridgehead atoms. The molecule has 3 unspecified atom stereocenters. The summed E-state index contributed by atoms with van der Waals surface area (Å²) in [7, 11) is 0. The number of carbonyl (C=O) groups excluding carboxylic acids is 1. The van der Waals surface area contributed by atoms with E-state index in [1.54, 1.807) is 0 Å². The Morgan fingerprint density at radius 1 is 1.67 bits per heavy atom. The Morgan fingerprint density at radius 3 is 2.87 bits per heavy atom. The van der Waals surface area contributed by atoms with Crippen LogP contribution < -0.4 is 11.5 Å². The fourth-order valence-corrected chi connectivity index (χ4v) is 1.96. The molecule has 4 N–H and O–H groups in total. The highest BCUT2D eigenvalue weighted by molar-refractivity contribution is 5.76. The minimum Gasteiger partial charge on any atom is -0.369 e. The first-order valence-electron chi connectivity index (χ1n) is 5.23. The lowest BCUT2D eigenvalue weighted by Crippen LogP contribution is -2.49. The highest BCUT2D eigenvalue weighted by Gasteiger charge is 2.29. The van der Waals surface area contributed by atoms with E-state index < -0.39 is 6.04 Å². The molecule has 1 rings (SSSR count). The van der Waals surface area contributed by atoms with Crippen molar-refractivity contribution in [3.63, 3.8) is 0 Å². The Hall–Kier alpha value is -1.12. The van der Waals surface area contributed by atoms with Crippen LogP contribution in [-0.2, 0) is 4.79 Å². The van der Waals surface area contributed by atoms with Gasteiger partial charge >= 0.3 is 0 Å². The lowest BCUT2D eigenvalue weighted by molar-refractivity contribution is -0.123. The van der Waals surface area contributed by atoms with E-state index in [4.69, 9.17) is 16.7 Å². The van der Waals surface area contributed by atoms with Crippen LogP contribution in [0.25, 0.3) is 0 Å². The van der Waals surface area contributed by atoms with Gasteiger partial charge in [0.2, 0.25) is 5.91 Å². The lowest BCUT2D eigenvalue weighted by atomic mass is 9.92. The summed E-state index contributed by atoms with van der Waals surface area (Å²) < 4.78 is 0. The Labute approximate surface area is 90.0 Å². The van der Waals surface area contributed by atoms with E-state index in [0.29, 0.717) is 19.1 Å². The summed E-state index contributed by atoms with van der Waals surface area (Å²) in [5.74, 6) is -0.343. The Kier molecular flexibility index (Phi) is 4.06. The van der Waals surface area contributed by atoms with Crippen LogP contribution in [0, 0.1) is 17.2 Å². The zero-order valence-electron chi connectivity index (χ0n) is 9.02. The van der Waals surface area contributed by atoms with Crippen molar-refractivity contribution in [2.45, 2.75) is 31.8 Å². The Balaban J connectivity index is 2.54. The molecule has 1 heterocycles. The number of piperidine rings is 1. The van der Waals surface area contributed by atoms with Crippen molar-refractivity contribution in [2.75, 3.05) is 13.1 Å². The van der Waals surface area contributed by atoms with Gasteiger partial charge in [-0.3, -0.25) is 9.69 Å². The van der Waals surface area contributed by atoms with E-state index in [1.165, 1.54) is 0 Å². The molecule has 15 heavy (non-hydrogen) atoms. The summed E-state index contributed by atoms with van der Waals surface area (Å²) in [4.78, 5) is 13.1. The van der Waals surface area contributed by atoms with Gasteiger partial charge in [0.1, 0.15) is 6.04 Å². The van der Waals surface area contributed by atoms with Crippen LogP contribution >= 0.6 is 0 Å². The maximum absolute atomic E-state index is 11.1. The van der Waals surface area contributed by atoms with Crippen LogP contribution in [0.2, 0.25) is 0 Å². The third-order valence-electron chi connectivity index (χ3n) is 3.01. The zero-order chi connectivity index (χ0) is 11.4. The molecule has 1 saturated heterocycles. The largest absolute Gasteiger partial charge is 0.369 e. The second kappa shape index (κ2) is 5.10. The van der Waals surface area contributed by atoms with E-state index in [1.807, 2.05) is 6.07 Å². The van der Waals surface area contributed by atoms with Gasteiger partial charge in [-0.05, 0) is 19.8 Å². The van der Waals surface area contributed by atoms with Gasteiger partial charge in [0.25, 0.3) is 0 Å². The molecule has 5 nitrogen and oxygen atoms in total. The average Bonchev–Trinajstić information content (AvgIpc) is 2.20. The van der Waals surface area contributed by atoms with Crippen molar-refractivity contribution in [1.29, 1.82) is 5.26 Å². The zero-order valence-corrected chi connectivity index (χ0v) is 9.02. The maximum Gasteiger partial charge on any atom is 0.221 e. The third-order valence-corrected chi connectivity index (χ3v) is 3.01. The van der Waals surface area contributed by atoms with Gasteiger partial charge in [-0.15, -0.1) is 0 Å². The topological polar surface area (TPSA) is 96.1 Å². The number of hydrogen-bond acceptors (Lipinski definition) is 4. The predicted molar refractivity (Wildman–Crippen MR) is 56.5 cm³/mol. The number of nitrogens with zero attached hydrogens (tertiary/aromatic N) is 2. The monoisotopic (exact) mass is 210 g/mol. The Bertz CT molecular complexity index is 273. The summed E-state index contributed by atoms with van der Waals surface area (Å²) in [5.41, 5.74) is 10.8. The van der Waals surface area contributed by atoms with Gasteiger partial charge in [0.05, 0.1) is 12.0 Å². The summed E-state index contributed by atoms with van der Waals surface area (Å²) in [6.07, 6.45) is 1.78. The van der Waals surface area contributed by atoms with Crippen molar-refractivity contribution < 1.29 is 4.79 Å². The fraction of sp³-hybridized carbons (Fsp3) is 0.800. The van der Waals surface area contributed by atoms with Crippen LogP contribution in [-0.4, -0.2) is 36.0 Å². The van der Waals surface area contributed by atoms with E-state index in [9.17, 15) is 4.79 Å². The number of rotatable bonds is 3. The molecule has 5 heteroatoms. The van der Waals surface area contributed by atoms with E-state index in [-0.39, 0.29) is 11.8 Å². The summed E-state index contributed by atoms with van der Waals surface area (Å²) in [5, 5.41) is 8.63. The molecule has 0 aromatic rings. The van der Waals surface area contributed by atoms with Gasteiger partial charge in [-0.2, -0.15) is 5.26 Å². The minimum atomic E-state index is -0.487. The van der Waals surface area contributed by atoms with Crippen molar-refractivity contribution in [3.05, 3.63) is 0 Å². The lowest BCUT2D eigenvalue weighted by Gasteiger charge is -2.37. The smallest absolute Gasteiger partial charge is 0.221 e. The standard InChI is InChI=1S/C10H18N4O/c1-7-2-3-8(10(13)15)5-14(7)6-9(12)4-11/h7-9H,2-3,5-6,12H2,1H3,(H2,13,15). The molecule has 3 atom stereocenters. The molecular formula is C10H18N4O. The van der Waals surface area contributed by atoms with E-state index in [0.717, 1.165) is 12.8 Å². The van der Waals surface area contributed by atoms with Crippen molar-refractivity contribution >= 4 is 5.91 Å². The molecule has 0 aromatic carbocycles. The normalized spacial score (nSPS) is 29.4. The molecular weight excluding hydrogens is 192 g/mol. The van der Waals surface area contributed by atoms with Crippen LogP contribution in [0.4, 0.5) is 0 Å². The fourth-order valence-electron chi connectivity index (χ4n) is 1.96. The second-order valence-electron chi connectivity index (χ2n) is 4.22. The van der Waals surface area contributed by atoms with Gasteiger partial charge in [-0.1, -0.05) is 0 Å². The van der Waals surface area contributed by atoms with Gasteiger partial charge in [-0.25, -0.2) is 0 Å². The number of nitriles is 1. The molecule has 0 spiro atoms. The number of nitrogens with two attached hydrogens (primary N) is 2. The average molecular weight is 210 g/mol. The van der Waals surface area contributed by atoms with Crippen molar-refractivity contribution in [3.8, 4) is 6.07 Å². The van der Waals surface area contributed by atoms with Crippen LogP contribution in [0.15, 0.2) is 0 Å². The third kappa shape index (κ3) is 3.18. The number of primary amides is 1. The maximum atomic E-state index is 11.1. The van der Waals surface area contributed by atoms with Crippen LogP contribution in [0.1, 0.15) is 19.8 Å². The molecule has 1 amide bonds. The van der Waals surface area contributed by atoms with Gasteiger partial charge < -0.3 is 11.5 Å². The first kappa shape index (κ1) is 12.0. The van der Waals surface area contributed by atoms with Crippen molar-refractivity contribution in [1.82, 2.24) is 4.90 Å². The molecule has 0 radical (unpaired) electrons. The SMILES string of the molecule is CC1CCC(C(N)=O)CN1CC(N)C#N. The number of carbonyl (C=O) groups is 1. The molecule has 1 fully saturated rings. The highest BCUT2D eigenvalue weighted by Crippen LogP contribution is 2.21. The Morgan fingerprint density at radius 2 is 2.33 bits per heavy atom. The first-order valence-corrected chi connectivity index (χ1v) is 5.23. The van der Waals surface area contributed by atoms with Crippen LogP contribution in [0.3, 0.4) is 0 Å². The van der Waals surface area contributed by atoms with Crippen LogP contribution in [0.5, 0.6) is 0 Å². The first-order chi connectivity index (χ1) is 7.04. The molecule has 0 aromatic heterocycles. The summed E-state index contributed by atoms with van der Waals surface area (Å²) >= 11 is 0. The predicted octanol–water partition coefficient (Wildman–Crippen LogP) is -0.577. The van der Waals surface area contributed by atoms with E-state index in [2.05, 4.69) is 11.8 Å². The van der Waals surface area contributed by atoms with Gasteiger partial charge in [0.15, 0.2) is 0 Å². The quantitative estimate of drug-likeness (QED) is 0.651. The molecule has 0 aliphatic carbocycles. The van der Waals surface area contributed by atoms with Gasteiger partial charge in [0, 0.05) is 19.1 Å². The van der Waals surface area contributed by atoms with E-state index >= 15 is 0 Å². The second-order valence-corrected chi connectivity index (χ2v) is 4.22. The number of likely N-dealkylation sites (tertiary alicyclic amines) is 1. The minimum absolute atomic E-state index is 0.0907. The summed E-state index contributed by atoms with van der Waals surface area (Å²) in [6, 6.07) is 1.88. The molecule has 1 aliphatic rings. The highest BCUT2D eigenvalue weighted by atomic mass is 16.1.